The van der Waals surface area contributed by atoms with Gasteiger partial charge in [0, 0.05) is 11.1 Å². The fourth-order valence-electron chi connectivity index (χ4n) is 4.06. The number of benzene rings is 2. The van der Waals surface area contributed by atoms with E-state index in [1.807, 2.05) is 12.2 Å². The Hall–Kier alpha value is -3.16. The number of methoxy groups -OCH3 is 1. The number of imide groups is 1. The lowest BCUT2D eigenvalue weighted by Gasteiger charge is -2.30. The number of hydrogen-bond acceptors (Lipinski definition) is 5. The minimum absolute atomic E-state index is 0.0939. The molecule has 0 bridgehead atoms. The Kier molecular flexibility index (Phi) is 6.54. The van der Waals surface area contributed by atoms with Crippen molar-refractivity contribution in [2.45, 2.75) is 12.8 Å². The summed E-state index contributed by atoms with van der Waals surface area (Å²) in [4.78, 5) is 52.9. The van der Waals surface area contributed by atoms with Gasteiger partial charge in [-0.3, -0.25) is 19.2 Å². The van der Waals surface area contributed by atoms with Crippen LogP contribution in [-0.2, 0) is 9.59 Å². The molecule has 2 aromatic carbocycles. The molecule has 7 nitrogen and oxygen atoms in total. The largest absolute Gasteiger partial charge is 0.497 e. The molecule has 4 rings (SSSR count). The maximum atomic E-state index is 13.5. The molecule has 33 heavy (non-hydrogen) atoms. The van der Waals surface area contributed by atoms with Crippen molar-refractivity contribution in [1.29, 1.82) is 0 Å². The van der Waals surface area contributed by atoms with Gasteiger partial charge in [-0.2, -0.15) is 5.01 Å². The van der Waals surface area contributed by atoms with E-state index < -0.39 is 41.9 Å². The summed E-state index contributed by atoms with van der Waals surface area (Å²) in [5.74, 6) is -2.82. The number of ketones is 1. The van der Waals surface area contributed by atoms with Crippen LogP contribution in [0.25, 0.3) is 0 Å². The molecule has 170 valence electrons. The molecule has 0 unspecified atom stereocenters. The summed E-state index contributed by atoms with van der Waals surface area (Å²) in [7, 11) is 1.47. The highest BCUT2D eigenvalue weighted by molar-refractivity contribution is 6.42. The molecule has 1 saturated heterocycles. The van der Waals surface area contributed by atoms with Crippen molar-refractivity contribution in [2.24, 2.45) is 11.8 Å². The highest BCUT2D eigenvalue weighted by atomic mass is 35.5. The summed E-state index contributed by atoms with van der Waals surface area (Å²) in [5.41, 5.74) is 0.371. The first-order chi connectivity index (χ1) is 15.8. The SMILES string of the molecule is COc1cccc(C(=O)CN(C(=O)c2ccc(Cl)c(Cl)c2)N2C(=O)[C@H]3CC=CC[C@H]3C2=O)c1. The Morgan fingerprint density at radius 2 is 1.64 bits per heavy atom. The van der Waals surface area contributed by atoms with Crippen LogP contribution >= 0.6 is 23.2 Å². The maximum Gasteiger partial charge on any atom is 0.273 e. The van der Waals surface area contributed by atoms with E-state index in [0.29, 0.717) is 18.6 Å². The zero-order valence-electron chi connectivity index (χ0n) is 17.7. The summed E-state index contributed by atoms with van der Waals surface area (Å²) in [6.45, 7) is -0.517. The van der Waals surface area contributed by atoms with Crippen LogP contribution in [0.2, 0.25) is 10.0 Å². The number of hydrogen-bond donors (Lipinski definition) is 0. The molecule has 2 atom stereocenters. The van der Waals surface area contributed by atoms with E-state index in [4.69, 9.17) is 27.9 Å². The predicted molar refractivity (Wildman–Crippen MR) is 122 cm³/mol. The number of nitrogens with zero attached hydrogens (tertiary/aromatic N) is 2. The lowest BCUT2D eigenvalue weighted by molar-refractivity contribution is -0.154. The fourth-order valence-corrected chi connectivity index (χ4v) is 4.35. The number of amides is 3. The maximum absolute atomic E-state index is 13.5. The van der Waals surface area contributed by atoms with E-state index in [-0.39, 0.29) is 21.2 Å². The van der Waals surface area contributed by atoms with E-state index in [1.165, 1.54) is 31.4 Å². The van der Waals surface area contributed by atoms with Gasteiger partial charge in [0.05, 0.1) is 29.0 Å². The van der Waals surface area contributed by atoms with Gasteiger partial charge in [-0.25, -0.2) is 5.01 Å². The van der Waals surface area contributed by atoms with Crippen molar-refractivity contribution in [3.05, 3.63) is 75.8 Å². The van der Waals surface area contributed by atoms with Crippen molar-refractivity contribution in [1.82, 2.24) is 10.0 Å². The molecule has 0 saturated carbocycles. The van der Waals surface area contributed by atoms with E-state index in [1.54, 1.807) is 18.2 Å². The molecule has 0 aromatic heterocycles. The Labute approximate surface area is 200 Å². The van der Waals surface area contributed by atoms with E-state index in [9.17, 15) is 19.2 Å². The number of Topliss-reactive ketones (excluding diaryl/α,β-unsaturated/α-hetero) is 1. The van der Waals surface area contributed by atoms with Crippen molar-refractivity contribution >= 4 is 46.7 Å². The molecular formula is C24H20Cl2N2O5. The van der Waals surface area contributed by atoms with Gasteiger partial charge in [0.1, 0.15) is 12.3 Å². The highest BCUT2D eigenvalue weighted by Gasteiger charge is 2.51. The van der Waals surface area contributed by atoms with Gasteiger partial charge in [0.2, 0.25) is 0 Å². The van der Waals surface area contributed by atoms with Gasteiger partial charge in [0.25, 0.3) is 17.7 Å². The lowest BCUT2D eigenvalue weighted by atomic mass is 9.85. The number of fused-ring (bicyclic) bond motifs is 1. The topological polar surface area (TPSA) is 84.0 Å². The van der Waals surface area contributed by atoms with Crippen LogP contribution in [0.1, 0.15) is 33.6 Å². The summed E-state index contributed by atoms with van der Waals surface area (Å²) in [6.07, 6.45) is 4.51. The standard InChI is InChI=1S/C24H20Cl2N2O5/c1-33-16-6-4-5-14(11-16)21(29)13-27(22(30)15-9-10-19(25)20(26)12-15)28-23(31)17-7-2-3-8-18(17)24(28)32/h2-6,9-12,17-18H,7-8,13H2,1H3/t17-,18+. The third-order valence-electron chi connectivity index (χ3n) is 5.81. The van der Waals surface area contributed by atoms with Crippen LogP contribution in [0.15, 0.2) is 54.6 Å². The number of allylic oxidation sites excluding steroid dienone is 2. The normalized spacial score (nSPS) is 19.4. The van der Waals surface area contributed by atoms with Gasteiger partial charge in [-0.15, -0.1) is 0 Å². The fraction of sp³-hybridized carbons (Fsp3) is 0.250. The Morgan fingerprint density at radius 1 is 0.970 bits per heavy atom. The second-order valence-corrected chi connectivity index (χ2v) is 8.61. The monoisotopic (exact) mass is 486 g/mol. The summed E-state index contributed by atoms with van der Waals surface area (Å²) in [6, 6.07) is 10.6. The number of carbonyl (C=O) groups excluding carboxylic acids is 4. The third-order valence-corrected chi connectivity index (χ3v) is 6.55. The number of rotatable bonds is 6. The average Bonchev–Trinajstić information content (AvgIpc) is 3.08. The number of carbonyl (C=O) groups is 4. The first-order valence-corrected chi connectivity index (χ1v) is 11.0. The quantitative estimate of drug-likeness (QED) is 0.347. The summed E-state index contributed by atoms with van der Waals surface area (Å²) in [5, 5.41) is 2.12. The van der Waals surface area contributed by atoms with Crippen LogP contribution in [-0.4, -0.2) is 47.2 Å². The van der Waals surface area contributed by atoms with E-state index in [2.05, 4.69) is 0 Å². The molecule has 0 N–H and O–H groups in total. The second-order valence-electron chi connectivity index (χ2n) is 7.79. The molecule has 1 heterocycles. The molecule has 2 aliphatic rings. The van der Waals surface area contributed by atoms with E-state index in [0.717, 1.165) is 10.0 Å². The number of ether oxygens (including phenoxy) is 1. The predicted octanol–water partition coefficient (Wildman–Crippen LogP) is 4.19. The minimum atomic E-state index is -0.710. The molecule has 3 amide bonds. The minimum Gasteiger partial charge on any atom is -0.497 e. The smallest absolute Gasteiger partial charge is 0.273 e. The Balaban J connectivity index is 1.71. The second kappa shape index (κ2) is 9.37. The molecule has 0 spiro atoms. The number of halogens is 2. The van der Waals surface area contributed by atoms with Gasteiger partial charge in [-0.1, -0.05) is 47.5 Å². The molecule has 1 aliphatic carbocycles. The average molecular weight is 487 g/mol. The lowest BCUT2D eigenvalue weighted by Crippen LogP contribution is -2.52. The first-order valence-electron chi connectivity index (χ1n) is 10.3. The summed E-state index contributed by atoms with van der Waals surface area (Å²) >= 11 is 12.0. The van der Waals surface area contributed by atoms with Crippen LogP contribution in [0.5, 0.6) is 5.75 Å². The summed E-state index contributed by atoms with van der Waals surface area (Å²) < 4.78 is 5.16. The number of hydrazine groups is 1. The van der Waals surface area contributed by atoms with Crippen molar-refractivity contribution in [3.63, 3.8) is 0 Å². The van der Waals surface area contributed by atoms with Crippen molar-refractivity contribution < 1.29 is 23.9 Å². The molecule has 1 aliphatic heterocycles. The van der Waals surface area contributed by atoms with E-state index >= 15 is 0 Å². The zero-order valence-corrected chi connectivity index (χ0v) is 19.2. The van der Waals surface area contributed by atoms with Crippen LogP contribution < -0.4 is 4.74 Å². The molecule has 2 aromatic rings. The molecule has 0 radical (unpaired) electrons. The third kappa shape index (κ3) is 4.38. The molecule has 9 heteroatoms. The Morgan fingerprint density at radius 3 is 2.24 bits per heavy atom. The first kappa shape index (κ1) is 23.0. The zero-order chi connectivity index (χ0) is 23.7. The van der Waals surface area contributed by atoms with Gasteiger partial charge in [-0.05, 0) is 43.2 Å². The Bertz CT molecular complexity index is 1150. The van der Waals surface area contributed by atoms with Crippen LogP contribution in [0.3, 0.4) is 0 Å². The van der Waals surface area contributed by atoms with Crippen molar-refractivity contribution in [2.75, 3.05) is 13.7 Å². The van der Waals surface area contributed by atoms with Gasteiger partial charge >= 0.3 is 0 Å². The van der Waals surface area contributed by atoms with Crippen LogP contribution in [0, 0.1) is 11.8 Å². The van der Waals surface area contributed by atoms with Gasteiger partial charge in [0.15, 0.2) is 5.78 Å². The molecule has 1 fully saturated rings. The highest BCUT2D eigenvalue weighted by Crippen LogP contribution is 2.36. The molecular weight excluding hydrogens is 467 g/mol. The van der Waals surface area contributed by atoms with Crippen molar-refractivity contribution in [3.8, 4) is 5.75 Å². The van der Waals surface area contributed by atoms with Crippen LogP contribution in [0.4, 0.5) is 0 Å². The van der Waals surface area contributed by atoms with Gasteiger partial charge < -0.3 is 4.74 Å².